The number of carbonyl (C=O) groups is 2. The molecule has 1 rings (SSSR count). The number of rotatable bonds is 3. The maximum atomic E-state index is 12.9. The van der Waals surface area contributed by atoms with E-state index < -0.39 is 23.9 Å². The van der Waals surface area contributed by atoms with E-state index in [4.69, 9.17) is 0 Å². The first-order valence-corrected chi connectivity index (χ1v) is 5.60. The summed E-state index contributed by atoms with van der Waals surface area (Å²) in [5, 5.41) is 3.76. The van der Waals surface area contributed by atoms with Crippen molar-refractivity contribution in [2.75, 3.05) is 12.4 Å². The standard InChI is InChI=1S/C12H11F5N2O2/c1-6-7(9(20)18-2)4-3-5-8(6)19-10(21)11(13,14)12(15,16)17/h3-5H,1-2H3,(H,18,20)(H,19,21). The van der Waals surface area contributed by atoms with E-state index in [1.807, 2.05) is 0 Å². The minimum Gasteiger partial charge on any atom is -0.355 e. The van der Waals surface area contributed by atoms with Crippen LogP contribution in [0.5, 0.6) is 0 Å². The highest BCUT2D eigenvalue weighted by Gasteiger charge is 2.63. The summed E-state index contributed by atoms with van der Waals surface area (Å²) in [5.41, 5.74) is -0.182. The Morgan fingerprint density at radius 3 is 2.14 bits per heavy atom. The quantitative estimate of drug-likeness (QED) is 0.843. The summed E-state index contributed by atoms with van der Waals surface area (Å²) in [5.74, 6) is -8.60. The molecule has 1 aromatic carbocycles. The van der Waals surface area contributed by atoms with Crippen molar-refractivity contribution in [2.24, 2.45) is 0 Å². The third-order valence-electron chi connectivity index (χ3n) is 2.69. The molecule has 0 spiro atoms. The smallest absolute Gasteiger partial charge is 0.355 e. The summed E-state index contributed by atoms with van der Waals surface area (Å²) in [6, 6.07) is 3.71. The number of hydrogen-bond acceptors (Lipinski definition) is 2. The molecular formula is C12H11F5N2O2. The molecular weight excluding hydrogens is 299 g/mol. The molecule has 0 atom stereocenters. The maximum Gasteiger partial charge on any atom is 0.463 e. The van der Waals surface area contributed by atoms with Gasteiger partial charge in [0.25, 0.3) is 5.91 Å². The molecule has 0 aliphatic carbocycles. The number of amides is 2. The van der Waals surface area contributed by atoms with Crippen LogP contribution < -0.4 is 10.6 Å². The molecule has 2 N–H and O–H groups in total. The van der Waals surface area contributed by atoms with Gasteiger partial charge < -0.3 is 10.6 Å². The van der Waals surface area contributed by atoms with Crippen LogP contribution in [0.4, 0.5) is 27.6 Å². The summed E-state index contributed by atoms with van der Waals surface area (Å²) in [6.07, 6.45) is -6.00. The Balaban J connectivity index is 3.10. The van der Waals surface area contributed by atoms with Crippen LogP contribution in [0, 0.1) is 6.92 Å². The predicted molar refractivity (Wildman–Crippen MR) is 64.2 cm³/mol. The third kappa shape index (κ3) is 3.29. The van der Waals surface area contributed by atoms with Gasteiger partial charge in [-0.1, -0.05) is 6.07 Å². The first kappa shape index (κ1) is 16.9. The van der Waals surface area contributed by atoms with Crippen LogP contribution in [0.3, 0.4) is 0 Å². The van der Waals surface area contributed by atoms with E-state index in [0.717, 1.165) is 6.07 Å². The molecule has 0 heterocycles. The van der Waals surface area contributed by atoms with Crippen molar-refractivity contribution >= 4 is 17.5 Å². The predicted octanol–water partition coefficient (Wildman–Crippen LogP) is 2.49. The number of nitrogens with one attached hydrogen (secondary N) is 2. The highest BCUT2D eigenvalue weighted by molar-refractivity contribution is 6.01. The number of benzene rings is 1. The van der Waals surface area contributed by atoms with E-state index in [-0.39, 0.29) is 16.8 Å². The molecule has 9 heteroatoms. The minimum absolute atomic E-state index is 0.0469. The molecule has 0 radical (unpaired) electrons. The number of alkyl halides is 5. The van der Waals surface area contributed by atoms with E-state index in [1.54, 1.807) is 0 Å². The summed E-state index contributed by atoms with van der Waals surface area (Å²) >= 11 is 0. The lowest BCUT2D eigenvalue weighted by molar-refractivity contribution is -0.267. The van der Waals surface area contributed by atoms with Gasteiger partial charge in [0.2, 0.25) is 0 Å². The zero-order valence-electron chi connectivity index (χ0n) is 10.9. The van der Waals surface area contributed by atoms with Crippen LogP contribution in [0.15, 0.2) is 18.2 Å². The fourth-order valence-electron chi connectivity index (χ4n) is 1.48. The molecule has 4 nitrogen and oxygen atoms in total. The second-order valence-corrected chi connectivity index (χ2v) is 4.08. The van der Waals surface area contributed by atoms with Crippen molar-refractivity contribution in [3.8, 4) is 0 Å². The van der Waals surface area contributed by atoms with Crippen LogP contribution >= 0.6 is 0 Å². The number of carbonyl (C=O) groups excluding carboxylic acids is 2. The first-order valence-electron chi connectivity index (χ1n) is 5.60. The van der Waals surface area contributed by atoms with E-state index in [2.05, 4.69) is 5.32 Å². The molecule has 0 unspecified atom stereocenters. The fraction of sp³-hybridized carbons (Fsp3) is 0.333. The van der Waals surface area contributed by atoms with Gasteiger partial charge in [-0.2, -0.15) is 22.0 Å². The Bertz CT molecular complexity index is 569. The van der Waals surface area contributed by atoms with Gasteiger partial charge in [-0.3, -0.25) is 9.59 Å². The van der Waals surface area contributed by atoms with Crippen LogP contribution in [-0.2, 0) is 4.79 Å². The zero-order valence-corrected chi connectivity index (χ0v) is 10.9. The van der Waals surface area contributed by atoms with Gasteiger partial charge >= 0.3 is 18.0 Å². The Labute approximate surface area is 116 Å². The molecule has 0 aliphatic heterocycles. The second-order valence-electron chi connectivity index (χ2n) is 4.08. The Morgan fingerprint density at radius 1 is 1.10 bits per heavy atom. The summed E-state index contributed by atoms with van der Waals surface area (Å²) in [7, 11) is 1.32. The van der Waals surface area contributed by atoms with Crippen LogP contribution in [-0.4, -0.2) is 31.0 Å². The number of hydrogen-bond donors (Lipinski definition) is 2. The zero-order chi connectivity index (χ0) is 16.4. The lowest BCUT2D eigenvalue weighted by atomic mass is 10.1. The van der Waals surface area contributed by atoms with E-state index in [0.29, 0.717) is 0 Å². The number of halogens is 5. The van der Waals surface area contributed by atoms with E-state index in [1.165, 1.54) is 31.4 Å². The van der Waals surface area contributed by atoms with Gasteiger partial charge in [-0.05, 0) is 24.6 Å². The molecule has 116 valence electrons. The minimum atomic E-state index is -6.00. The van der Waals surface area contributed by atoms with Gasteiger partial charge in [-0.25, -0.2) is 0 Å². The largest absolute Gasteiger partial charge is 0.463 e. The van der Waals surface area contributed by atoms with Crippen LogP contribution in [0.1, 0.15) is 15.9 Å². The summed E-state index contributed by atoms with van der Waals surface area (Å²) in [6.45, 7) is 1.31. The van der Waals surface area contributed by atoms with Crippen molar-refractivity contribution in [1.82, 2.24) is 5.32 Å². The van der Waals surface area contributed by atoms with Gasteiger partial charge in [0, 0.05) is 18.3 Å². The molecule has 21 heavy (non-hydrogen) atoms. The van der Waals surface area contributed by atoms with Crippen LogP contribution in [0.2, 0.25) is 0 Å². The second kappa shape index (κ2) is 5.66. The lowest BCUT2D eigenvalue weighted by Crippen LogP contribution is -2.47. The van der Waals surface area contributed by atoms with Crippen molar-refractivity contribution in [2.45, 2.75) is 19.0 Å². The SMILES string of the molecule is CNC(=O)c1cccc(NC(=O)C(F)(F)C(F)(F)F)c1C. The van der Waals surface area contributed by atoms with Crippen molar-refractivity contribution in [3.05, 3.63) is 29.3 Å². The molecule has 0 fully saturated rings. The van der Waals surface area contributed by atoms with Gasteiger partial charge in [-0.15, -0.1) is 0 Å². The first-order chi connectivity index (χ1) is 9.52. The Hall–Kier alpha value is -2.19. The Morgan fingerprint density at radius 2 is 1.67 bits per heavy atom. The van der Waals surface area contributed by atoms with Gasteiger partial charge in [0.05, 0.1) is 0 Å². The van der Waals surface area contributed by atoms with Crippen LogP contribution in [0.25, 0.3) is 0 Å². The maximum absolute atomic E-state index is 12.9. The van der Waals surface area contributed by atoms with Crippen molar-refractivity contribution in [3.63, 3.8) is 0 Å². The van der Waals surface area contributed by atoms with E-state index >= 15 is 0 Å². The molecule has 0 saturated heterocycles. The highest BCUT2D eigenvalue weighted by atomic mass is 19.4. The normalized spacial score (nSPS) is 12.0. The summed E-state index contributed by atoms with van der Waals surface area (Å²) < 4.78 is 61.9. The lowest BCUT2D eigenvalue weighted by Gasteiger charge is -2.19. The molecule has 1 aromatic rings. The van der Waals surface area contributed by atoms with Crippen molar-refractivity contribution in [1.29, 1.82) is 0 Å². The van der Waals surface area contributed by atoms with E-state index in [9.17, 15) is 31.5 Å². The molecule has 0 aliphatic rings. The third-order valence-corrected chi connectivity index (χ3v) is 2.69. The molecule has 0 aromatic heterocycles. The summed E-state index contributed by atoms with van der Waals surface area (Å²) in [4.78, 5) is 22.6. The number of anilines is 1. The molecule has 0 saturated carbocycles. The Kier molecular flexibility index (Phi) is 4.55. The average Bonchev–Trinajstić information content (AvgIpc) is 2.38. The highest BCUT2D eigenvalue weighted by Crippen LogP contribution is 2.36. The monoisotopic (exact) mass is 310 g/mol. The fourth-order valence-corrected chi connectivity index (χ4v) is 1.48. The topological polar surface area (TPSA) is 58.2 Å². The van der Waals surface area contributed by atoms with Gasteiger partial charge in [0.15, 0.2) is 0 Å². The van der Waals surface area contributed by atoms with Crippen molar-refractivity contribution < 1.29 is 31.5 Å². The molecule has 0 bridgehead atoms. The average molecular weight is 310 g/mol. The van der Waals surface area contributed by atoms with Gasteiger partial charge in [0.1, 0.15) is 0 Å². The molecule has 2 amide bonds.